The molecular weight excluding hydrogens is 440 g/mol. The first kappa shape index (κ1) is 22.5. The Morgan fingerprint density at radius 1 is 1.21 bits per heavy atom. The van der Waals surface area contributed by atoms with Crippen LogP contribution in [0.2, 0.25) is 0 Å². The lowest BCUT2D eigenvalue weighted by molar-refractivity contribution is -0.130. The molecule has 0 fully saturated rings. The fraction of sp³-hybridized carbons (Fsp3) is 0.208. The smallest absolute Gasteiger partial charge is 0.339 e. The minimum Gasteiger partial charge on any atom is -0.503 e. The monoisotopic (exact) mass is 464 g/mol. The van der Waals surface area contributed by atoms with Gasteiger partial charge in [-0.05, 0) is 24.6 Å². The maximum Gasteiger partial charge on any atom is 0.339 e. The van der Waals surface area contributed by atoms with Gasteiger partial charge in [-0.1, -0.05) is 59.4 Å². The number of nitrogens with zero attached hydrogens (tertiary/aromatic N) is 4. The third kappa shape index (κ3) is 4.88. The Hall–Kier alpha value is -3.72. The van der Waals surface area contributed by atoms with Crippen LogP contribution in [0.5, 0.6) is 0 Å². The molecule has 0 bridgehead atoms. The fourth-order valence-corrected chi connectivity index (χ4v) is 4.81. The average molecular weight is 465 g/mol. The van der Waals surface area contributed by atoms with E-state index in [0.29, 0.717) is 17.5 Å². The van der Waals surface area contributed by atoms with Crippen LogP contribution < -0.4 is 4.90 Å². The van der Waals surface area contributed by atoms with Crippen LogP contribution in [0, 0.1) is 0 Å². The number of carboxylic acids is 1. The van der Waals surface area contributed by atoms with Gasteiger partial charge in [0.05, 0.1) is 19.1 Å². The van der Waals surface area contributed by atoms with Crippen LogP contribution in [0.25, 0.3) is 5.57 Å². The van der Waals surface area contributed by atoms with E-state index in [-0.39, 0.29) is 17.7 Å². The van der Waals surface area contributed by atoms with Crippen LogP contribution in [0.3, 0.4) is 0 Å². The van der Waals surface area contributed by atoms with E-state index in [1.165, 1.54) is 18.3 Å². The summed E-state index contributed by atoms with van der Waals surface area (Å²) in [7, 11) is 1.42. The summed E-state index contributed by atoms with van der Waals surface area (Å²) in [5.74, 6) is -1.07. The molecule has 2 heterocycles. The number of hydrogen-bond acceptors (Lipinski definition) is 8. The van der Waals surface area contributed by atoms with E-state index in [1.807, 2.05) is 35.6 Å². The quantitative estimate of drug-likeness (QED) is 0.250. The van der Waals surface area contributed by atoms with E-state index in [1.54, 1.807) is 36.2 Å². The molecular formula is C24H24N4O4S. The molecule has 170 valence electrons. The average Bonchev–Trinajstić information content (AvgIpc) is 3.36. The zero-order valence-electron chi connectivity index (χ0n) is 18.3. The van der Waals surface area contributed by atoms with Crippen molar-refractivity contribution in [2.45, 2.75) is 25.4 Å². The van der Waals surface area contributed by atoms with Crippen LogP contribution in [-0.4, -0.2) is 41.2 Å². The summed E-state index contributed by atoms with van der Waals surface area (Å²) < 4.78 is 4.92. The standard InChI is InChI=1S/C24H24N4O4S/c1-17-22(28-24(33-17)27(16-25-28)19-9-4-3-5-10-19)12-13-26-32-14-18-8-6-7-11-20(18)21(15-31-2)23(29)30/h3-11,13,15-16,24H,12,14H2,1-2H3,(H,29,30). The second-order valence-electron chi connectivity index (χ2n) is 7.26. The van der Waals surface area contributed by atoms with Crippen molar-refractivity contribution in [3.05, 3.63) is 82.6 Å². The number of thioether (sulfide) groups is 1. The number of methoxy groups -OCH3 is 1. The highest BCUT2D eigenvalue weighted by Gasteiger charge is 2.38. The first-order valence-corrected chi connectivity index (χ1v) is 11.2. The summed E-state index contributed by atoms with van der Waals surface area (Å²) >= 11 is 1.75. The number of allylic oxidation sites excluding steroid dienone is 2. The SMILES string of the molecule is COC=C(C(=O)O)c1ccccc1CON=CCC1=C(C)SC2N1N=CN2c1ccccc1. The van der Waals surface area contributed by atoms with Gasteiger partial charge in [0.15, 0.2) is 5.50 Å². The van der Waals surface area contributed by atoms with Crippen molar-refractivity contribution in [1.82, 2.24) is 5.01 Å². The van der Waals surface area contributed by atoms with Crippen molar-refractivity contribution in [1.29, 1.82) is 0 Å². The van der Waals surface area contributed by atoms with Gasteiger partial charge in [-0.3, -0.25) is 4.90 Å². The normalized spacial score (nSPS) is 17.8. The molecule has 0 amide bonds. The van der Waals surface area contributed by atoms with Gasteiger partial charge in [-0.2, -0.15) is 5.10 Å². The molecule has 33 heavy (non-hydrogen) atoms. The first-order chi connectivity index (χ1) is 16.1. The van der Waals surface area contributed by atoms with Crippen LogP contribution in [-0.2, 0) is 21.0 Å². The number of carboxylic acid groups (broad SMARTS) is 1. The van der Waals surface area contributed by atoms with Crippen molar-refractivity contribution in [3.63, 3.8) is 0 Å². The Labute approximate surface area is 196 Å². The topological polar surface area (TPSA) is 87.0 Å². The van der Waals surface area contributed by atoms with E-state index < -0.39 is 5.97 Å². The molecule has 8 nitrogen and oxygen atoms in total. The lowest BCUT2D eigenvalue weighted by Gasteiger charge is -2.24. The molecule has 2 aromatic rings. The molecule has 1 atom stereocenters. The zero-order chi connectivity index (χ0) is 23.2. The largest absolute Gasteiger partial charge is 0.503 e. The number of hydrogen-bond donors (Lipinski definition) is 1. The molecule has 2 aliphatic rings. The van der Waals surface area contributed by atoms with E-state index in [2.05, 4.69) is 34.2 Å². The van der Waals surface area contributed by atoms with E-state index in [9.17, 15) is 9.90 Å². The molecule has 1 unspecified atom stereocenters. The van der Waals surface area contributed by atoms with E-state index in [4.69, 9.17) is 9.57 Å². The fourth-order valence-electron chi connectivity index (χ4n) is 3.61. The minimum atomic E-state index is -1.07. The lowest BCUT2D eigenvalue weighted by Crippen LogP contribution is -2.33. The highest BCUT2D eigenvalue weighted by Crippen LogP contribution is 2.43. The molecule has 2 aliphatic heterocycles. The van der Waals surface area contributed by atoms with Crippen LogP contribution in [0.15, 0.2) is 81.7 Å². The van der Waals surface area contributed by atoms with Gasteiger partial charge in [0.25, 0.3) is 0 Å². The Kier molecular flexibility index (Phi) is 6.99. The molecule has 2 aromatic carbocycles. The Balaban J connectivity index is 1.36. The maximum absolute atomic E-state index is 11.6. The highest BCUT2D eigenvalue weighted by atomic mass is 32.2. The summed E-state index contributed by atoms with van der Waals surface area (Å²) in [6, 6.07) is 17.3. The van der Waals surface area contributed by atoms with Crippen LogP contribution in [0.1, 0.15) is 24.5 Å². The number of carbonyl (C=O) groups is 1. The minimum absolute atomic E-state index is 0.0605. The maximum atomic E-state index is 11.6. The second-order valence-corrected chi connectivity index (χ2v) is 8.53. The highest BCUT2D eigenvalue weighted by molar-refractivity contribution is 8.04. The Bertz CT molecular complexity index is 1130. The molecule has 0 aliphatic carbocycles. The molecule has 4 rings (SSSR count). The molecule has 0 spiro atoms. The number of anilines is 1. The van der Waals surface area contributed by atoms with Crippen molar-refractivity contribution in [2.75, 3.05) is 12.0 Å². The van der Waals surface area contributed by atoms with E-state index >= 15 is 0 Å². The van der Waals surface area contributed by atoms with Gasteiger partial charge in [0.2, 0.25) is 0 Å². The van der Waals surface area contributed by atoms with Crippen LogP contribution in [0.4, 0.5) is 5.69 Å². The van der Waals surface area contributed by atoms with Gasteiger partial charge >= 0.3 is 5.97 Å². The Morgan fingerprint density at radius 3 is 2.73 bits per heavy atom. The number of ether oxygens (including phenoxy) is 1. The van der Waals surface area contributed by atoms with Gasteiger partial charge in [-0.15, -0.1) is 0 Å². The molecule has 9 heteroatoms. The Morgan fingerprint density at radius 2 is 1.97 bits per heavy atom. The van der Waals surface area contributed by atoms with Crippen molar-refractivity contribution < 1.29 is 19.5 Å². The number of fused-ring (bicyclic) bond motifs is 1. The number of benzene rings is 2. The number of para-hydroxylation sites is 1. The number of rotatable bonds is 9. The van der Waals surface area contributed by atoms with E-state index in [0.717, 1.165) is 11.4 Å². The van der Waals surface area contributed by atoms with Gasteiger partial charge in [0.1, 0.15) is 18.5 Å². The number of hydrazone groups is 1. The lowest BCUT2D eigenvalue weighted by atomic mass is 10.0. The molecule has 1 N–H and O–H groups in total. The van der Waals surface area contributed by atoms with Crippen molar-refractivity contribution >= 4 is 41.5 Å². The summed E-state index contributed by atoms with van der Waals surface area (Å²) in [4.78, 5) is 20.4. The molecule has 0 saturated carbocycles. The third-order valence-corrected chi connectivity index (χ3v) is 6.42. The molecule has 0 radical (unpaired) electrons. The predicted molar refractivity (Wildman–Crippen MR) is 130 cm³/mol. The van der Waals surface area contributed by atoms with Crippen molar-refractivity contribution in [2.24, 2.45) is 10.3 Å². The third-order valence-electron chi connectivity index (χ3n) is 5.19. The summed E-state index contributed by atoms with van der Waals surface area (Å²) in [6.45, 7) is 2.22. The first-order valence-electron chi connectivity index (χ1n) is 10.3. The van der Waals surface area contributed by atoms with Crippen LogP contribution >= 0.6 is 11.8 Å². The van der Waals surface area contributed by atoms with Gasteiger partial charge in [-0.25, -0.2) is 9.80 Å². The second kappa shape index (κ2) is 10.3. The summed E-state index contributed by atoms with van der Waals surface area (Å²) in [5.41, 5.74) is 3.52. The summed E-state index contributed by atoms with van der Waals surface area (Å²) in [6.07, 6.45) is 5.33. The molecule has 0 aromatic heterocycles. The number of aliphatic carboxylic acids is 1. The molecule has 0 saturated heterocycles. The number of oxime groups is 1. The zero-order valence-corrected chi connectivity index (χ0v) is 19.1. The predicted octanol–water partition coefficient (Wildman–Crippen LogP) is 4.68. The van der Waals surface area contributed by atoms with Crippen molar-refractivity contribution in [3.8, 4) is 0 Å². The van der Waals surface area contributed by atoms with Gasteiger partial charge < -0.3 is 14.7 Å². The van der Waals surface area contributed by atoms with Gasteiger partial charge in [0, 0.05) is 28.8 Å². The summed E-state index contributed by atoms with van der Waals surface area (Å²) in [5, 5.41) is 20.1.